The molecule has 0 bridgehead atoms. The molecule has 2 heterocycles. The minimum absolute atomic E-state index is 0.555. The molecule has 2 aromatic heterocycles. The highest BCUT2D eigenvalue weighted by Gasteiger charge is 2.09. The van der Waals surface area contributed by atoms with Crippen molar-refractivity contribution in [1.82, 2.24) is 9.38 Å². The highest BCUT2D eigenvalue weighted by atomic mass is 15.0. The molecule has 0 atom stereocenters. The molecule has 3 heteroatoms. The summed E-state index contributed by atoms with van der Waals surface area (Å²) in [5.74, 6) is 0. The van der Waals surface area contributed by atoms with Gasteiger partial charge in [0.2, 0.25) is 0 Å². The SMILES string of the molecule is CCCc1nc2cc(C)ccn2c1CN. The number of aromatic nitrogens is 2. The Bertz CT molecular complexity index is 471. The van der Waals surface area contributed by atoms with Crippen LogP contribution in [-0.4, -0.2) is 9.38 Å². The fourth-order valence-electron chi connectivity index (χ4n) is 1.90. The van der Waals surface area contributed by atoms with Crippen molar-refractivity contribution in [2.24, 2.45) is 5.73 Å². The van der Waals surface area contributed by atoms with Crippen LogP contribution in [0.15, 0.2) is 18.3 Å². The molecule has 0 unspecified atom stereocenters. The Morgan fingerprint density at radius 2 is 2.27 bits per heavy atom. The van der Waals surface area contributed by atoms with E-state index in [4.69, 9.17) is 5.73 Å². The Morgan fingerprint density at radius 3 is 2.93 bits per heavy atom. The van der Waals surface area contributed by atoms with Crippen LogP contribution in [-0.2, 0) is 13.0 Å². The molecular formula is C12H17N3. The van der Waals surface area contributed by atoms with Crippen molar-refractivity contribution in [3.8, 4) is 0 Å². The standard InChI is InChI=1S/C12H17N3/c1-3-4-10-11(8-13)15-6-5-9(2)7-12(15)14-10/h5-7H,3-4,8,13H2,1-2H3. The van der Waals surface area contributed by atoms with Crippen molar-refractivity contribution in [2.75, 3.05) is 0 Å². The van der Waals surface area contributed by atoms with E-state index in [-0.39, 0.29) is 0 Å². The molecule has 0 radical (unpaired) electrons. The van der Waals surface area contributed by atoms with Gasteiger partial charge in [0, 0.05) is 12.7 Å². The molecule has 2 rings (SSSR count). The summed E-state index contributed by atoms with van der Waals surface area (Å²) in [6.07, 6.45) is 4.17. The van der Waals surface area contributed by atoms with E-state index in [0.717, 1.165) is 29.9 Å². The lowest BCUT2D eigenvalue weighted by Gasteiger charge is -2.00. The second-order valence-corrected chi connectivity index (χ2v) is 3.89. The molecule has 0 spiro atoms. The van der Waals surface area contributed by atoms with Gasteiger partial charge in [-0.25, -0.2) is 4.98 Å². The molecule has 0 aliphatic heterocycles. The number of fused-ring (bicyclic) bond motifs is 1. The Kier molecular flexibility index (Phi) is 2.73. The Labute approximate surface area is 89.9 Å². The van der Waals surface area contributed by atoms with E-state index < -0.39 is 0 Å². The predicted octanol–water partition coefficient (Wildman–Crippen LogP) is 2.05. The lowest BCUT2D eigenvalue weighted by molar-refractivity contribution is 0.851. The van der Waals surface area contributed by atoms with Gasteiger partial charge >= 0.3 is 0 Å². The van der Waals surface area contributed by atoms with Crippen LogP contribution in [0.2, 0.25) is 0 Å². The average Bonchev–Trinajstić information content (AvgIpc) is 2.54. The van der Waals surface area contributed by atoms with Gasteiger partial charge in [0.05, 0.1) is 11.4 Å². The van der Waals surface area contributed by atoms with Crippen molar-refractivity contribution in [2.45, 2.75) is 33.2 Å². The third-order valence-corrected chi connectivity index (χ3v) is 2.64. The summed E-state index contributed by atoms with van der Waals surface area (Å²) >= 11 is 0. The molecule has 0 saturated heterocycles. The normalized spacial score (nSPS) is 11.1. The van der Waals surface area contributed by atoms with E-state index in [1.807, 2.05) is 0 Å². The van der Waals surface area contributed by atoms with Gasteiger partial charge in [-0.15, -0.1) is 0 Å². The summed E-state index contributed by atoms with van der Waals surface area (Å²) in [4.78, 5) is 4.62. The summed E-state index contributed by atoms with van der Waals surface area (Å²) in [6, 6.07) is 4.18. The number of aryl methyl sites for hydroxylation is 2. The topological polar surface area (TPSA) is 43.3 Å². The van der Waals surface area contributed by atoms with Crippen molar-refractivity contribution >= 4 is 5.65 Å². The lowest BCUT2D eigenvalue weighted by Crippen LogP contribution is -2.04. The maximum atomic E-state index is 5.77. The molecule has 0 amide bonds. The molecule has 3 nitrogen and oxygen atoms in total. The molecule has 0 fully saturated rings. The van der Waals surface area contributed by atoms with Crippen molar-refractivity contribution < 1.29 is 0 Å². The Hall–Kier alpha value is -1.35. The number of pyridine rings is 1. The molecule has 2 N–H and O–H groups in total. The number of hydrogen-bond donors (Lipinski definition) is 1. The number of nitrogens with zero attached hydrogens (tertiary/aromatic N) is 2. The first kappa shape index (κ1) is 10.2. The highest BCUT2D eigenvalue weighted by molar-refractivity contribution is 5.45. The van der Waals surface area contributed by atoms with Crippen LogP contribution in [0.5, 0.6) is 0 Å². The summed E-state index contributed by atoms with van der Waals surface area (Å²) < 4.78 is 2.10. The Balaban J connectivity index is 2.62. The molecule has 2 aromatic rings. The molecule has 0 aliphatic carbocycles. The molecule has 0 aliphatic rings. The molecule has 0 aromatic carbocycles. The zero-order chi connectivity index (χ0) is 10.8. The van der Waals surface area contributed by atoms with Crippen LogP contribution in [0.3, 0.4) is 0 Å². The maximum Gasteiger partial charge on any atom is 0.137 e. The van der Waals surface area contributed by atoms with Crippen molar-refractivity contribution in [3.05, 3.63) is 35.3 Å². The maximum absolute atomic E-state index is 5.77. The largest absolute Gasteiger partial charge is 0.325 e. The van der Waals surface area contributed by atoms with Gasteiger partial charge in [-0.05, 0) is 31.0 Å². The minimum Gasteiger partial charge on any atom is -0.325 e. The van der Waals surface area contributed by atoms with E-state index in [2.05, 4.69) is 41.6 Å². The van der Waals surface area contributed by atoms with E-state index in [9.17, 15) is 0 Å². The van der Waals surface area contributed by atoms with Gasteiger partial charge in [0.1, 0.15) is 5.65 Å². The summed E-state index contributed by atoms with van der Waals surface area (Å²) in [6.45, 7) is 4.80. The van der Waals surface area contributed by atoms with Crippen LogP contribution in [0, 0.1) is 6.92 Å². The summed E-state index contributed by atoms with van der Waals surface area (Å²) in [5, 5.41) is 0. The summed E-state index contributed by atoms with van der Waals surface area (Å²) in [5.41, 5.74) is 10.3. The lowest BCUT2D eigenvalue weighted by atomic mass is 10.2. The number of rotatable bonds is 3. The second kappa shape index (κ2) is 4.03. The van der Waals surface area contributed by atoms with Gasteiger partial charge in [-0.1, -0.05) is 13.3 Å². The smallest absolute Gasteiger partial charge is 0.137 e. The van der Waals surface area contributed by atoms with E-state index in [0.29, 0.717) is 6.54 Å². The first-order chi connectivity index (χ1) is 7.26. The third kappa shape index (κ3) is 1.75. The molecule has 0 saturated carbocycles. The first-order valence-electron chi connectivity index (χ1n) is 5.42. The molecule has 80 valence electrons. The van der Waals surface area contributed by atoms with Crippen LogP contribution in [0.1, 0.15) is 30.3 Å². The zero-order valence-corrected chi connectivity index (χ0v) is 9.33. The van der Waals surface area contributed by atoms with Gasteiger partial charge in [-0.2, -0.15) is 0 Å². The van der Waals surface area contributed by atoms with Crippen LogP contribution >= 0.6 is 0 Å². The van der Waals surface area contributed by atoms with Crippen molar-refractivity contribution in [1.29, 1.82) is 0 Å². The van der Waals surface area contributed by atoms with E-state index >= 15 is 0 Å². The zero-order valence-electron chi connectivity index (χ0n) is 9.33. The van der Waals surface area contributed by atoms with Gasteiger partial charge in [0.15, 0.2) is 0 Å². The fraction of sp³-hybridized carbons (Fsp3) is 0.417. The Morgan fingerprint density at radius 1 is 1.47 bits per heavy atom. The van der Waals surface area contributed by atoms with Gasteiger partial charge < -0.3 is 10.1 Å². The van der Waals surface area contributed by atoms with Crippen molar-refractivity contribution in [3.63, 3.8) is 0 Å². The fourth-order valence-corrected chi connectivity index (χ4v) is 1.90. The predicted molar refractivity (Wildman–Crippen MR) is 61.8 cm³/mol. The first-order valence-corrected chi connectivity index (χ1v) is 5.42. The number of nitrogens with two attached hydrogens (primary N) is 1. The van der Waals surface area contributed by atoms with E-state index in [1.54, 1.807) is 0 Å². The second-order valence-electron chi connectivity index (χ2n) is 3.89. The number of imidazole rings is 1. The van der Waals surface area contributed by atoms with Crippen LogP contribution < -0.4 is 5.73 Å². The highest BCUT2D eigenvalue weighted by Crippen LogP contribution is 2.15. The molecular weight excluding hydrogens is 186 g/mol. The quantitative estimate of drug-likeness (QED) is 0.829. The van der Waals surface area contributed by atoms with Gasteiger partial charge in [0.25, 0.3) is 0 Å². The van der Waals surface area contributed by atoms with Crippen LogP contribution in [0.4, 0.5) is 0 Å². The monoisotopic (exact) mass is 203 g/mol. The third-order valence-electron chi connectivity index (χ3n) is 2.64. The minimum atomic E-state index is 0.555. The summed E-state index contributed by atoms with van der Waals surface area (Å²) in [7, 11) is 0. The average molecular weight is 203 g/mol. The van der Waals surface area contributed by atoms with Gasteiger partial charge in [-0.3, -0.25) is 0 Å². The number of hydrogen-bond acceptors (Lipinski definition) is 2. The van der Waals surface area contributed by atoms with E-state index in [1.165, 1.54) is 5.56 Å². The van der Waals surface area contributed by atoms with Crippen LogP contribution in [0.25, 0.3) is 5.65 Å². The molecule has 15 heavy (non-hydrogen) atoms.